The maximum Gasteiger partial charge on any atom is 0.248 e. The van der Waals surface area contributed by atoms with Gasteiger partial charge in [-0.05, 0) is 12.1 Å². The van der Waals surface area contributed by atoms with Crippen LogP contribution in [0.5, 0.6) is 0 Å². The Morgan fingerprint density at radius 1 is 1.47 bits per heavy atom. The van der Waals surface area contributed by atoms with Crippen LogP contribution in [0.2, 0.25) is 0 Å². The molecule has 0 spiro atoms. The normalized spacial score (nSPS) is 10.7. The molecule has 0 radical (unpaired) electrons. The van der Waals surface area contributed by atoms with Gasteiger partial charge >= 0.3 is 0 Å². The summed E-state index contributed by atoms with van der Waals surface area (Å²) in [6, 6.07) is 7.01. The summed E-state index contributed by atoms with van der Waals surface area (Å²) in [4.78, 5) is 0. The van der Waals surface area contributed by atoms with E-state index in [2.05, 4.69) is 0 Å². The Morgan fingerprint density at radius 2 is 2.07 bits per heavy atom. The molecule has 0 saturated carbocycles. The second-order valence-corrected chi connectivity index (χ2v) is 4.83. The number of sulfonamides is 1. The number of anilines is 1. The summed E-state index contributed by atoms with van der Waals surface area (Å²) in [7, 11) is -2.54. The predicted octanol–water partition coefficient (Wildman–Crippen LogP) is 1.12. The van der Waals surface area contributed by atoms with Crippen LogP contribution < -0.4 is 4.31 Å². The van der Waals surface area contributed by atoms with Crippen molar-refractivity contribution in [2.75, 3.05) is 17.1 Å². The van der Waals surface area contributed by atoms with Crippen LogP contribution in [0.3, 0.4) is 0 Å². The van der Waals surface area contributed by atoms with Crippen LogP contribution in [0, 0.1) is 17.1 Å². The number of nitriles is 1. The molecule has 0 aliphatic rings. The Bertz CT molecular complexity index is 493. The lowest BCUT2D eigenvalue weighted by atomic mass is 10.3. The Kier molecular flexibility index (Phi) is 3.27. The van der Waals surface area contributed by atoms with E-state index in [-0.39, 0.29) is 5.69 Å². The van der Waals surface area contributed by atoms with E-state index < -0.39 is 21.6 Å². The topological polar surface area (TPSA) is 61.2 Å². The van der Waals surface area contributed by atoms with Gasteiger partial charge < -0.3 is 0 Å². The minimum absolute atomic E-state index is 0.0623. The summed E-state index contributed by atoms with van der Waals surface area (Å²) in [6.07, 6.45) is 0. The number of halogens is 1. The van der Waals surface area contributed by atoms with Crippen molar-refractivity contribution in [3.63, 3.8) is 0 Å². The van der Waals surface area contributed by atoms with Crippen molar-refractivity contribution in [1.29, 1.82) is 5.26 Å². The fourth-order valence-electron chi connectivity index (χ4n) is 1.04. The highest BCUT2D eigenvalue weighted by atomic mass is 32.2. The van der Waals surface area contributed by atoms with Crippen LogP contribution in [-0.2, 0) is 10.0 Å². The zero-order valence-corrected chi connectivity index (χ0v) is 8.83. The fourth-order valence-corrected chi connectivity index (χ4v) is 1.84. The Labute approximate surface area is 87.6 Å². The molecule has 4 nitrogen and oxygen atoms in total. The maximum atomic E-state index is 13.2. The van der Waals surface area contributed by atoms with Crippen molar-refractivity contribution in [2.24, 2.45) is 0 Å². The molecule has 0 amide bonds. The van der Waals surface area contributed by atoms with E-state index in [9.17, 15) is 12.8 Å². The lowest BCUT2D eigenvalue weighted by Gasteiger charge is -2.17. The predicted molar refractivity (Wildman–Crippen MR) is 54.2 cm³/mol. The first kappa shape index (κ1) is 11.5. The minimum Gasteiger partial charge on any atom is -0.269 e. The second-order valence-electron chi connectivity index (χ2n) is 2.83. The first-order chi connectivity index (χ1) is 6.99. The third-order valence-electron chi connectivity index (χ3n) is 1.86. The van der Waals surface area contributed by atoms with Crippen molar-refractivity contribution in [3.8, 4) is 6.07 Å². The molecule has 0 aliphatic carbocycles. The zero-order chi connectivity index (χ0) is 11.5. The first-order valence-corrected chi connectivity index (χ1v) is 5.68. The fraction of sp³-hybridized carbons (Fsp3) is 0.222. The number of hydrogen-bond donors (Lipinski definition) is 0. The van der Waals surface area contributed by atoms with Crippen LogP contribution in [0.4, 0.5) is 10.1 Å². The maximum absolute atomic E-state index is 13.2. The molecule has 0 aromatic heterocycles. The zero-order valence-electron chi connectivity index (χ0n) is 8.01. The number of hydrogen-bond acceptors (Lipinski definition) is 3. The summed E-state index contributed by atoms with van der Waals surface area (Å²) in [5.74, 6) is -1.31. The van der Waals surface area contributed by atoms with Gasteiger partial charge in [0.05, 0.1) is 11.8 Å². The highest BCUT2D eigenvalue weighted by Gasteiger charge is 2.20. The molecule has 0 N–H and O–H groups in total. The molecule has 1 aromatic rings. The van der Waals surface area contributed by atoms with Gasteiger partial charge in [0.15, 0.2) is 5.75 Å². The highest BCUT2D eigenvalue weighted by Crippen LogP contribution is 2.19. The molecular formula is C9H9FN2O2S. The van der Waals surface area contributed by atoms with Crippen LogP contribution in [-0.4, -0.2) is 21.2 Å². The van der Waals surface area contributed by atoms with E-state index in [0.29, 0.717) is 0 Å². The largest absolute Gasteiger partial charge is 0.269 e. The molecular weight excluding hydrogens is 219 g/mol. The van der Waals surface area contributed by atoms with E-state index in [4.69, 9.17) is 5.26 Å². The molecule has 0 heterocycles. The van der Waals surface area contributed by atoms with E-state index in [1.807, 2.05) is 0 Å². The van der Waals surface area contributed by atoms with Crippen LogP contribution in [0.1, 0.15) is 0 Å². The Hall–Kier alpha value is -1.61. The van der Waals surface area contributed by atoms with Crippen LogP contribution in [0.15, 0.2) is 24.3 Å². The van der Waals surface area contributed by atoms with Gasteiger partial charge in [-0.15, -0.1) is 0 Å². The van der Waals surface area contributed by atoms with E-state index in [1.54, 1.807) is 0 Å². The van der Waals surface area contributed by atoms with E-state index >= 15 is 0 Å². The van der Waals surface area contributed by atoms with Gasteiger partial charge in [-0.2, -0.15) is 5.26 Å². The molecule has 0 atom stereocenters. The second kappa shape index (κ2) is 4.28. The number of nitrogens with zero attached hydrogens (tertiary/aromatic N) is 2. The third-order valence-corrected chi connectivity index (χ3v) is 3.38. The molecule has 0 fully saturated rings. The van der Waals surface area contributed by atoms with Crippen molar-refractivity contribution in [2.45, 2.75) is 0 Å². The van der Waals surface area contributed by atoms with Crippen molar-refractivity contribution < 1.29 is 12.8 Å². The van der Waals surface area contributed by atoms with Gasteiger partial charge in [0.25, 0.3) is 0 Å². The number of para-hydroxylation sites is 1. The standard InChI is InChI=1S/C9H9FN2O2S/c1-12(15(13,14)7-6-11)9-5-3-2-4-8(9)10/h2-5H,7H2,1H3. The summed E-state index contributed by atoms with van der Waals surface area (Å²) < 4.78 is 36.8. The first-order valence-electron chi connectivity index (χ1n) is 4.07. The van der Waals surface area contributed by atoms with Gasteiger partial charge in [0.2, 0.25) is 10.0 Å². The van der Waals surface area contributed by atoms with Crippen LogP contribution >= 0.6 is 0 Å². The smallest absolute Gasteiger partial charge is 0.248 e. The van der Waals surface area contributed by atoms with Crippen molar-refractivity contribution in [1.82, 2.24) is 0 Å². The van der Waals surface area contributed by atoms with E-state index in [0.717, 1.165) is 10.4 Å². The Morgan fingerprint density at radius 3 is 2.60 bits per heavy atom. The summed E-state index contributed by atoms with van der Waals surface area (Å²) in [5, 5.41) is 8.32. The van der Waals surface area contributed by atoms with Gasteiger partial charge in [-0.3, -0.25) is 4.31 Å². The third kappa shape index (κ3) is 2.44. The Balaban J connectivity index is 3.12. The number of benzene rings is 1. The molecule has 1 aromatic carbocycles. The molecule has 0 saturated heterocycles. The summed E-state index contributed by atoms with van der Waals surface area (Å²) in [6.45, 7) is 0. The molecule has 15 heavy (non-hydrogen) atoms. The molecule has 1 rings (SSSR count). The van der Waals surface area contributed by atoms with Gasteiger partial charge in [-0.1, -0.05) is 12.1 Å². The molecule has 0 aliphatic heterocycles. The molecule has 0 bridgehead atoms. The van der Waals surface area contributed by atoms with Gasteiger partial charge in [-0.25, -0.2) is 12.8 Å². The quantitative estimate of drug-likeness (QED) is 0.778. The summed E-state index contributed by atoms with van der Waals surface area (Å²) in [5.41, 5.74) is -0.0623. The average Bonchev–Trinajstić information content (AvgIpc) is 2.17. The van der Waals surface area contributed by atoms with Gasteiger partial charge in [0, 0.05) is 7.05 Å². The van der Waals surface area contributed by atoms with Crippen LogP contribution in [0.25, 0.3) is 0 Å². The minimum atomic E-state index is -3.75. The molecule has 0 unspecified atom stereocenters. The van der Waals surface area contributed by atoms with Crippen molar-refractivity contribution in [3.05, 3.63) is 30.1 Å². The lowest BCUT2D eigenvalue weighted by Crippen LogP contribution is -2.29. The molecule has 6 heteroatoms. The van der Waals surface area contributed by atoms with Gasteiger partial charge in [0.1, 0.15) is 5.82 Å². The highest BCUT2D eigenvalue weighted by molar-refractivity contribution is 7.92. The molecule has 80 valence electrons. The van der Waals surface area contributed by atoms with Crippen molar-refractivity contribution >= 4 is 15.7 Å². The monoisotopic (exact) mass is 228 g/mol. The average molecular weight is 228 g/mol. The van der Waals surface area contributed by atoms with E-state index in [1.165, 1.54) is 31.3 Å². The SMILES string of the molecule is CN(c1ccccc1F)S(=O)(=O)CC#N. The summed E-state index contributed by atoms with van der Waals surface area (Å²) >= 11 is 0. The lowest BCUT2D eigenvalue weighted by molar-refractivity contribution is 0.592. The number of rotatable bonds is 3.